The van der Waals surface area contributed by atoms with Gasteiger partial charge in [0.2, 0.25) is 17.7 Å². The Bertz CT molecular complexity index is 670. The fraction of sp³-hybridized carbons (Fsp3) is 0.647. The number of amides is 3. The molecule has 0 aliphatic carbocycles. The zero-order valence-electron chi connectivity index (χ0n) is 16.8. The third-order valence-electron chi connectivity index (χ3n) is 4.06. The summed E-state index contributed by atoms with van der Waals surface area (Å²) in [6.07, 6.45) is -0.762. The molecule has 0 fully saturated rings. The molecular formula is C17H29N5O9. The van der Waals surface area contributed by atoms with E-state index in [1.54, 1.807) is 0 Å². The zero-order valence-corrected chi connectivity index (χ0v) is 16.8. The molecule has 3 amide bonds. The Kier molecular flexibility index (Phi) is 13.1. The number of nitrogens with one attached hydrogen (secondary N) is 3. The van der Waals surface area contributed by atoms with Crippen LogP contribution in [0, 0.1) is 0 Å². The minimum atomic E-state index is -1.66. The first-order valence-electron chi connectivity index (χ1n) is 9.48. The monoisotopic (exact) mass is 447 g/mol. The van der Waals surface area contributed by atoms with Crippen LogP contribution in [0.1, 0.15) is 38.5 Å². The van der Waals surface area contributed by atoms with Crippen LogP contribution in [-0.2, 0) is 28.8 Å². The molecule has 0 saturated carbocycles. The Morgan fingerprint density at radius 2 is 1.29 bits per heavy atom. The lowest BCUT2D eigenvalue weighted by Gasteiger charge is -2.23. The Morgan fingerprint density at radius 1 is 0.710 bits per heavy atom. The molecule has 0 saturated heterocycles. The second-order valence-corrected chi connectivity index (χ2v) is 6.60. The third-order valence-corrected chi connectivity index (χ3v) is 4.06. The Labute approximate surface area is 177 Å². The first kappa shape index (κ1) is 27.7. The first-order chi connectivity index (χ1) is 14.5. The largest absolute Gasteiger partial charge is 0.481 e. The van der Waals surface area contributed by atoms with Gasteiger partial charge >= 0.3 is 17.9 Å². The van der Waals surface area contributed by atoms with Crippen LogP contribution < -0.4 is 27.4 Å². The van der Waals surface area contributed by atoms with E-state index in [-0.39, 0.29) is 12.8 Å². The van der Waals surface area contributed by atoms with Crippen LogP contribution in [0.5, 0.6) is 0 Å². The van der Waals surface area contributed by atoms with Gasteiger partial charge in [0.25, 0.3) is 0 Å². The van der Waals surface area contributed by atoms with Gasteiger partial charge in [0.05, 0.1) is 13.0 Å². The molecule has 0 heterocycles. The summed E-state index contributed by atoms with van der Waals surface area (Å²) in [7, 11) is 0. The van der Waals surface area contributed by atoms with Gasteiger partial charge < -0.3 is 42.7 Å². The topological polar surface area (TPSA) is 251 Å². The number of carboxylic acid groups (broad SMARTS) is 3. The predicted molar refractivity (Wildman–Crippen MR) is 105 cm³/mol. The van der Waals surface area contributed by atoms with Crippen molar-refractivity contribution in [2.45, 2.75) is 56.7 Å². The number of aliphatic carboxylic acids is 3. The molecule has 14 nitrogen and oxygen atoms in total. The number of hydrogen-bond donors (Lipinski definition) is 8. The summed E-state index contributed by atoms with van der Waals surface area (Å²) >= 11 is 0. The summed E-state index contributed by atoms with van der Waals surface area (Å²) in [6, 6.07) is -4.38. The Balaban J connectivity index is 5.35. The number of hydrogen-bond acceptors (Lipinski definition) is 8. The van der Waals surface area contributed by atoms with Crippen LogP contribution in [0.2, 0.25) is 0 Å². The van der Waals surface area contributed by atoms with Crippen LogP contribution in [-0.4, -0.2) is 82.2 Å². The van der Waals surface area contributed by atoms with Crippen LogP contribution in [0.15, 0.2) is 0 Å². The zero-order chi connectivity index (χ0) is 24.0. The van der Waals surface area contributed by atoms with Crippen molar-refractivity contribution >= 4 is 35.6 Å². The Morgan fingerprint density at radius 3 is 1.77 bits per heavy atom. The summed E-state index contributed by atoms with van der Waals surface area (Å²) in [5.74, 6) is -6.89. The molecule has 3 atom stereocenters. The van der Waals surface area contributed by atoms with Crippen molar-refractivity contribution in [3.05, 3.63) is 0 Å². The lowest BCUT2D eigenvalue weighted by atomic mass is 10.1. The molecule has 0 bridgehead atoms. The highest BCUT2D eigenvalue weighted by Gasteiger charge is 2.31. The lowest BCUT2D eigenvalue weighted by molar-refractivity contribution is -0.143. The van der Waals surface area contributed by atoms with E-state index in [0.29, 0.717) is 19.4 Å². The average Bonchev–Trinajstić information content (AvgIpc) is 2.68. The quantitative estimate of drug-likeness (QED) is 0.110. The second kappa shape index (κ2) is 14.7. The molecule has 0 radical (unpaired) electrons. The SMILES string of the molecule is NCCCCC(NC(=O)C(CC(=O)O)NC(=O)C(CCC(=O)O)NC(=O)CN)C(=O)O. The van der Waals surface area contributed by atoms with Crippen LogP contribution in [0.3, 0.4) is 0 Å². The van der Waals surface area contributed by atoms with Gasteiger partial charge in [-0.3, -0.25) is 24.0 Å². The standard InChI is InChI=1S/C17H29N5O9/c18-6-2-1-3-10(17(30)31)21-16(29)11(7-14(26)27)22-15(28)9(4-5-13(24)25)20-12(23)8-19/h9-11H,1-8,18-19H2,(H,20,23)(H,21,29)(H,22,28)(H,24,25)(H,26,27)(H,30,31). The maximum atomic E-state index is 12.5. The van der Waals surface area contributed by atoms with E-state index in [9.17, 15) is 33.9 Å². The van der Waals surface area contributed by atoms with E-state index in [4.69, 9.17) is 21.7 Å². The van der Waals surface area contributed by atoms with Gasteiger partial charge in [0.1, 0.15) is 18.1 Å². The van der Waals surface area contributed by atoms with Crippen molar-refractivity contribution in [3.63, 3.8) is 0 Å². The number of nitrogens with two attached hydrogens (primary N) is 2. The van der Waals surface area contributed by atoms with Crippen molar-refractivity contribution in [2.24, 2.45) is 11.5 Å². The van der Waals surface area contributed by atoms with E-state index in [1.807, 2.05) is 0 Å². The Hall–Kier alpha value is -3.26. The van der Waals surface area contributed by atoms with Crippen molar-refractivity contribution in [1.29, 1.82) is 0 Å². The molecule has 31 heavy (non-hydrogen) atoms. The molecule has 14 heteroatoms. The van der Waals surface area contributed by atoms with Gasteiger partial charge in [-0.15, -0.1) is 0 Å². The van der Waals surface area contributed by atoms with Crippen LogP contribution in [0.4, 0.5) is 0 Å². The minimum Gasteiger partial charge on any atom is -0.481 e. The number of carbonyl (C=O) groups is 6. The van der Waals surface area contributed by atoms with Gasteiger partial charge in [-0.25, -0.2) is 4.79 Å². The summed E-state index contributed by atoms with van der Waals surface area (Å²) in [5, 5.41) is 33.5. The molecule has 0 aliphatic heterocycles. The van der Waals surface area contributed by atoms with Gasteiger partial charge in [-0.05, 0) is 32.2 Å². The van der Waals surface area contributed by atoms with Crippen molar-refractivity contribution in [3.8, 4) is 0 Å². The smallest absolute Gasteiger partial charge is 0.326 e. The van der Waals surface area contributed by atoms with Crippen LogP contribution in [0.25, 0.3) is 0 Å². The molecular weight excluding hydrogens is 418 g/mol. The highest BCUT2D eigenvalue weighted by Crippen LogP contribution is 2.05. The maximum absolute atomic E-state index is 12.5. The van der Waals surface area contributed by atoms with Crippen LogP contribution >= 0.6 is 0 Å². The highest BCUT2D eigenvalue weighted by molar-refractivity contribution is 5.95. The number of carbonyl (C=O) groups excluding carboxylic acids is 3. The highest BCUT2D eigenvalue weighted by atomic mass is 16.4. The number of unbranched alkanes of at least 4 members (excludes halogenated alkanes) is 1. The van der Waals surface area contributed by atoms with Crippen molar-refractivity contribution < 1.29 is 44.1 Å². The van der Waals surface area contributed by atoms with E-state index in [1.165, 1.54) is 0 Å². The predicted octanol–water partition coefficient (Wildman–Crippen LogP) is -3.05. The van der Waals surface area contributed by atoms with Gasteiger partial charge in [0.15, 0.2) is 0 Å². The third kappa shape index (κ3) is 12.1. The fourth-order valence-electron chi connectivity index (χ4n) is 2.47. The molecule has 0 rings (SSSR count). The molecule has 176 valence electrons. The first-order valence-corrected chi connectivity index (χ1v) is 9.48. The van der Waals surface area contributed by atoms with E-state index in [2.05, 4.69) is 16.0 Å². The van der Waals surface area contributed by atoms with Gasteiger partial charge in [0, 0.05) is 6.42 Å². The van der Waals surface area contributed by atoms with Gasteiger partial charge in [-0.2, -0.15) is 0 Å². The minimum absolute atomic E-state index is 0.0415. The maximum Gasteiger partial charge on any atom is 0.326 e. The van der Waals surface area contributed by atoms with Crippen molar-refractivity contribution in [1.82, 2.24) is 16.0 Å². The number of rotatable bonds is 16. The molecule has 10 N–H and O–H groups in total. The summed E-state index contributed by atoms with van der Waals surface area (Å²) in [6.45, 7) is -0.163. The normalized spacial score (nSPS) is 13.4. The molecule has 0 aliphatic rings. The summed E-state index contributed by atoms with van der Waals surface area (Å²) < 4.78 is 0. The second-order valence-electron chi connectivity index (χ2n) is 6.60. The molecule has 0 spiro atoms. The average molecular weight is 447 g/mol. The number of carboxylic acids is 3. The van der Waals surface area contributed by atoms with Crippen molar-refractivity contribution in [2.75, 3.05) is 13.1 Å². The van der Waals surface area contributed by atoms with Gasteiger partial charge in [-0.1, -0.05) is 0 Å². The molecule has 0 aromatic rings. The fourth-order valence-corrected chi connectivity index (χ4v) is 2.47. The molecule has 0 aromatic carbocycles. The molecule has 3 unspecified atom stereocenters. The lowest BCUT2D eigenvalue weighted by Crippen LogP contribution is -2.56. The van der Waals surface area contributed by atoms with E-state index in [0.717, 1.165) is 0 Å². The van der Waals surface area contributed by atoms with E-state index >= 15 is 0 Å². The summed E-state index contributed by atoms with van der Waals surface area (Å²) in [5.41, 5.74) is 10.5. The summed E-state index contributed by atoms with van der Waals surface area (Å²) in [4.78, 5) is 69.7. The van der Waals surface area contributed by atoms with E-state index < -0.39 is 73.1 Å². The molecule has 0 aromatic heterocycles.